The monoisotopic (exact) mass is 270 g/mol. The summed E-state index contributed by atoms with van der Waals surface area (Å²) >= 11 is 2.09. The second-order valence-corrected chi connectivity index (χ2v) is 10.2. The van der Waals surface area contributed by atoms with Crippen LogP contribution in [0, 0.1) is 16.2 Å². The molecule has 0 saturated heterocycles. The predicted molar refractivity (Wildman–Crippen MR) is 86.3 cm³/mol. The summed E-state index contributed by atoms with van der Waals surface area (Å²) in [6, 6.07) is 0. The van der Waals surface area contributed by atoms with E-state index in [1.807, 2.05) is 0 Å². The summed E-state index contributed by atoms with van der Waals surface area (Å²) in [5.74, 6) is 0. The van der Waals surface area contributed by atoms with E-state index in [1.165, 1.54) is 32.1 Å². The van der Waals surface area contributed by atoms with Crippen LogP contribution in [0.2, 0.25) is 0 Å². The summed E-state index contributed by atoms with van der Waals surface area (Å²) in [7, 11) is 0. The van der Waals surface area contributed by atoms with Gasteiger partial charge in [0.2, 0.25) is 0 Å². The molecule has 0 amide bonds. The molecule has 0 aliphatic heterocycles. The standard InChI is InChI=1S/C17H34S/c1-14(2,3)16(6)11-9-10-15(4,5)12-17(7,13-16)18-8/h9-13H2,1-8H3. The molecule has 1 aliphatic rings. The first kappa shape index (κ1) is 16.4. The van der Waals surface area contributed by atoms with E-state index in [2.05, 4.69) is 66.5 Å². The first-order valence-corrected chi connectivity index (χ1v) is 8.71. The Bertz CT molecular complexity index is 286. The van der Waals surface area contributed by atoms with E-state index in [4.69, 9.17) is 0 Å². The summed E-state index contributed by atoms with van der Waals surface area (Å²) in [5, 5.41) is 0. The lowest BCUT2D eigenvalue weighted by molar-refractivity contribution is 0.0439. The van der Waals surface area contributed by atoms with Gasteiger partial charge < -0.3 is 0 Å². The molecule has 0 aromatic heterocycles. The average molecular weight is 271 g/mol. The molecule has 1 rings (SSSR count). The van der Waals surface area contributed by atoms with E-state index < -0.39 is 0 Å². The lowest BCUT2D eigenvalue weighted by Gasteiger charge is -2.51. The van der Waals surface area contributed by atoms with Gasteiger partial charge in [-0.1, -0.05) is 54.9 Å². The topological polar surface area (TPSA) is 0 Å². The summed E-state index contributed by atoms with van der Waals surface area (Å²) in [6.07, 6.45) is 9.18. The average Bonchev–Trinajstić information content (AvgIpc) is 2.12. The number of hydrogen-bond acceptors (Lipinski definition) is 1. The first-order chi connectivity index (χ1) is 7.93. The fourth-order valence-electron chi connectivity index (χ4n) is 3.82. The minimum atomic E-state index is 0.408. The Morgan fingerprint density at radius 1 is 0.889 bits per heavy atom. The van der Waals surface area contributed by atoms with Crippen LogP contribution in [0.1, 0.15) is 80.6 Å². The maximum Gasteiger partial charge on any atom is 0.0139 e. The Labute approximate surface area is 120 Å². The number of thioether (sulfide) groups is 1. The van der Waals surface area contributed by atoms with E-state index in [9.17, 15) is 0 Å². The van der Waals surface area contributed by atoms with E-state index in [1.54, 1.807) is 0 Å². The molecule has 2 unspecified atom stereocenters. The van der Waals surface area contributed by atoms with E-state index in [0.717, 1.165) is 0 Å². The Balaban J connectivity index is 3.03. The normalized spacial score (nSPS) is 38.0. The third kappa shape index (κ3) is 3.68. The first-order valence-electron chi connectivity index (χ1n) is 7.48. The van der Waals surface area contributed by atoms with E-state index >= 15 is 0 Å². The lowest BCUT2D eigenvalue weighted by Crippen LogP contribution is -2.43. The van der Waals surface area contributed by atoms with Crippen LogP contribution < -0.4 is 0 Å². The molecular weight excluding hydrogens is 236 g/mol. The summed E-state index contributed by atoms with van der Waals surface area (Å²) in [4.78, 5) is 0. The van der Waals surface area contributed by atoms with Crippen LogP contribution in [-0.4, -0.2) is 11.0 Å². The highest BCUT2D eigenvalue weighted by Gasteiger charge is 2.45. The molecule has 18 heavy (non-hydrogen) atoms. The zero-order valence-electron chi connectivity index (χ0n) is 13.9. The van der Waals surface area contributed by atoms with Crippen LogP contribution >= 0.6 is 11.8 Å². The van der Waals surface area contributed by atoms with Crippen molar-refractivity contribution < 1.29 is 0 Å². The van der Waals surface area contributed by atoms with E-state index in [-0.39, 0.29) is 0 Å². The van der Waals surface area contributed by atoms with Gasteiger partial charge in [-0.2, -0.15) is 11.8 Å². The number of rotatable bonds is 1. The van der Waals surface area contributed by atoms with Crippen molar-refractivity contribution in [1.29, 1.82) is 0 Å². The second kappa shape index (κ2) is 5.04. The summed E-state index contributed by atoms with van der Waals surface area (Å²) in [5.41, 5.74) is 1.39. The maximum absolute atomic E-state index is 2.53. The highest BCUT2D eigenvalue weighted by atomic mass is 32.2. The SMILES string of the molecule is CSC1(C)CC(C)(C)CCCC(C)(C(C)(C)C)C1. The molecule has 0 spiro atoms. The van der Waals surface area contributed by atoms with Gasteiger partial charge in [0.25, 0.3) is 0 Å². The van der Waals surface area contributed by atoms with Crippen LogP contribution in [0.5, 0.6) is 0 Å². The molecule has 0 bridgehead atoms. The highest BCUT2D eigenvalue weighted by Crippen LogP contribution is 2.55. The number of hydrogen-bond donors (Lipinski definition) is 0. The second-order valence-electron chi connectivity index (χ2n) is 8.84. The van der Waals surface area contributed by atoms with Crippen LogP contribution in [0.15, 0.2) is 0 Å². The van der Waals surface area contributed by atoms with Gasteiger partial charge in [0.05, 0.1) is 0 Å². The molecule has 1 aliphatic carbocycles. The third-order valence-electron chi connectivity index (χ3n) is 5.50. The molecule has 0 N–H and O–H groups in total. The molecule has 0 heterocycles. The van der Waals surface area contributed by atoms with E-state index in [0.29, 0.717) is 21.0 Å². The molecule has 0 radical (unpaired) electrons. The molecule has 1 fully saturated rings. The molecule has 0 nitrogen and oxygen atoms in total. The van der Waals surface area contributed by atoms with Gasteiger partial charge >= 0.3 is 0 Å². The Hall–Kier alpha value is 0.350. The molecule has 2 atom stereocenters. The minimum absolute atomic E-state index is 0.408. The third-order valence-corrected chi connectivity index (χ3v) is 6.78. The maximum atomic E-state index is 2.53. The lowest BCUT2D eigenvalue weighted by atomic mass is 9.58. The molecule has 0 aromatic rings. The molecule has 0 aromatic carbocycles. The van der Waals surface area contributed by atoms with Crippen molar-refractivity contribution in [3.8, 4) is 0 Å². The van der Waals surface area contributed by atoms with Gasteiger partial charge in [0.15, 0.2) is 0 Å². The van der Waals surface area contributed by atoms with Gasteiger partial charge in [-0.3, -0.25) is 0 Å². The van der Waals surface area contributed by atoms with Crippen LogP contribution in [0.4, 0.5) is 0 Å². The fraction of sp³-hybridized carbons (Fsp3) is 1.00. The van der Waals surface area contributed by atoms with Crippen LogP contribution in [0.3, 0.4) is 0 Å². The highest BCUT2D eigenvalue weighted by molar-refractivity contribution is 7.99. The molecular formula is C17H34S. The van der Waals surface area contributed by atoms with Crippen molar-refractivity contribution in [2.45, 2.75) is 85.3 Å². The Kier molecular flexibility index (Phi) is 4.59. The zero-order valence-corrected chi connectivity index (χ0v) is 14.8. The van der Waals surface area contributed by atoms with Gasteiger partial charge in [0, 0.05) is 4.75 Å². The minimum Gasteiger partial charge on any atom is -0.159 e. The zero-order chi connectivity index (χ0) is 14.2. The van der Waals surface area contributed by atoms with Gasteiger partial charge in [0.1, 0.15) is 0 Å². The summed E-state index contributed by atoms with van der Waals surface area (Å²) < 4.78 is 0.436. The van der Waals surface area contributed by atoms with Crippen molar-refractivity contribution >= 4 is 11.8 Å². The van der Waals surface area contributed by atoms with Crippen LogP contribution in [-0.2, 0) is 0 Å². The smallest absolute Gasteiger partial charge is 0.0139 e. The van der Waals surface area contributed by atoms with Gasteiger partial charge in [-0.15, -0.1) is 0 Å². The van der Waals surface area contributed by atoms with Gasteiger partial charge in [-0.25, -0.2) is 0 Å². The van der Waals surface area contributed by atoms with Crippen molar-refractivity contribution in [3.05, 3.63) is 0 Å². The largest absolute Gasteiger partial charge is 0.159 e. The molecule has 108 valence electrons. The van der Waals surface area contributed by atoms with Crippen molar-refractivity contribution in [2.75, 3.05) is 6.26 Å². The molecule has 1 saturated carbocycles. The van der Waals surface area contributed by atoms with Gasteiger partial charge in [-0.05, 0) is 48.2 Å². The van der Waals surface area contributed by atoms with Crippen LogP contribution in [0.25, 0.3) is 0 Å². The Morgan fingerprint density at radius 3 is 1.89 bits per heavy atom. The fourth-order valence-corrected chi connectivity index (χ4v) is 4.82. The van der Waals surface area contributed by atoms with Crippen molar-refractivity contribution in [3.63, 3.8) is 0 Å². The van der Waals surface area contributed by atoms with Crippen molar-refractivity contribution in [2.24, 2.45) is 16.2 Å². The summed E-state index contributed by atoms with van der Waals surface area (Å²) in [6.45, 7) is 17.2. The quantitative estimate of drug-likeness (QED) is 0.550. The molecule has 1 heteroatoms. The Morgan fingerprint density at radius 2 is 1.44 bits per heavy atom. The predicted octanol–water partition coefficient (Wildman–Crippen LogP) is 6.15. The van der Waals surface area contributed by atoms with Crippen molar-refractivity contribution in [1.82, 2.24) is 0 Å².